The molecule has 0 aromatic carbocycles. The fourth-order valence-electron chi connectivity index (χ4n) is 0.881. The quantitative estimate of drug-likeness (QED) is 0.509. The molecule has 0 bridgehead atoms. The van der Waals surface area contributed by atoms with Gasteiger partial charge in [0.25, 0.3) is 0 Å². The van der Waals surface area contributed by atoms with Crippen LogP contribution in [0.1, 0.15) is 20.3 Å². The number of aliphatic carboxylic acids is 2. The van der Waals surface area contributed by atoms with Crippen molar-refractivity contribution in [1.29, 1.82) is 0 Å². The minimum atomic E-state index is -1.41. The Kier molecular flexibility index (Phi) is 5.91. The normalized spacial score (nSPS) is 11.9. The first-order valence-corrected chi connectivity index (χ1v) is 4.82. The van der Waals surface area contributed by atoms with Gasteiger partial charge in [0.2, 0.25) is 0 Å². The number of carbonyl (C=O) groups is 3. The van der Waals surface area contributed by atoms with Crippen molar-refractivity contribution in [3.05, 3.63) is 0 Å². The first kappa shape index (κ1) is 14.2. The van der Waals surface area contributed by atoms with E-state index in [1.54, 1.807) is 0 Å². The third-order valence-electron chi connectivity index (χ3n) is 1.65. The maximum atomic E-state index is 11.2. The molecule has 0 aliphatic carbocycles. The van der Waals surface area contributed by atoms with E-state index >= 15 is 0 Å². The van der Waals surface area contributed by atoms with E-state index in [-0.39, 0.29) is 5.92 Å². The van der Waals surface area contributed by atoms with Crippen LogP contribution >= 0.6 is 0 Å². The third-order valence-corrected chi connectivity index (χ3v) is 1.65. The number of nitrogens with one attached hydrogen (secondary N) is 2. The molecule has 0 fully saturated rings. The molecule has 7 heteroatoms. The molecule has 2 amide bonds. The summed E-state index contributed by atoms with van der Waals surface area (Å²) in [5.41, 5.74) is 0. The molecule has 0 aromatic rings. The fraction of sp³-hybridized carbons (Fsp3) is 0.667. The molecule has 0 spiro atoms. The number of carbonyl (C=O) groups excluding carboxylic acids is 1. The maximum Gasteiger partial charge on any atom is 0.326 e. The van der Waals surface area contributed by atoms with Gasteiger partial charge in [-0.3, -0.25) is 4.79 Å². The van der Waals surface area contributed by atoms with Crippen molar-refractivity contribution in [3.63, 3.8) is 0 Å². The van der Waals surface area contributed by atoms with E-state index in [2.05, 4.69) is 10.6 Å². The van der Waals surface area contributed by atoms with Crippen LogP contribution in [0, 0.1) is 5.92 Å². The van der Waals surface area contributed by atoms with E-state index in [1.807, 2.05) is 13.8 Å². The average molecular weight is 232 g/mol. The highest BCUT2D eigenvalue weighted by Gasteiger charge is 2.22. The molecule has 1 atom stereocenters. The van der Waals surface area contributed by atoms with Gasteiger partial charge in [0.05, 0.1) is 6.42 Å². The summed E-state index contributed by atoms with van der Waals surface area (Å²) in [4.78, 5) is 32.1. The van der Waals surface area contributed by atoms with Crippen molar-refractivity contribution >= 4 is 18.0 Å². The minimum absolute atomic E-state index is 0.230. The van der Waals surface area contributed by atoms with Gasteiger partial charge in [-0.15, -0.1) is 0 Å². The van der Waals surface area contributed by atoms with Gasteiger partial charge in [-0.2, -0.15) is 0 Å². The van der Waals surface area contributed by atoms with Gasteiger partial charge in [0.15, 0.2) is 0 Å². The van der Waals surface area contributed by atoms with E-state index in [1.165, 1.54) is 0 Å². The number of urea groups is 1. The summed E-state index contributed by atoms with van der Waals surface area (Å²) in [7, 11) is 0. The molecule has 4 N–H and O–H groups in total. The highest BCUT2D eigenvalue weighted by molar-refractivity contribution is 5.86. The smallest absolute Gasteiger partial charge is 0.326 e. The number of carboxylic acid groups (broad SMARTS) is 2. The van der Waals surface area contributed by atoms with Crippen molar-refractivity contribution in [3.8, 4) is 0 Å². The largest absolute Gasteiger partial charge is 0.481 e. The van der Waals surface area contributed by atoms with E-state index in [0.717, 1.165) is 0 Å². The van der Waals surface area contributed by atoms with E-state index in [0.29, 0.717) is 6.54 Å². The van der Waals surface area contributed by atoms with Crippen molar-refractivity contribution in [2.75, 3.05) is 6.54 Å². The van der Waals surface area contributed by atoms with Crippen molar-refractivity contribution in [1.82, 2.24) is 10.6 Å². The van der Waals surface area contributed by atoms with Crippen molar-refractivity contribution in [2.45, 2.75) is 26.3 Å². The number of hydrogen-bond acceptors (Lipinski definition) is 3. The molecule has 7 nitrogen and oxygen atoms in total. The Morgan fingerprint density at radius 2 is 1.75 bits per heavy atom. The van der Waals surface area contributed by atoms with Crippen LogP contribution in [-0.4, -0.2) is 40.8 Å². The maximum absolute atomic E-state index is 11.2. The summed E-state index contributed by atoms with van der Waals surface area (Å²) < 4.78 is 0. The summed E-state index contributed by atoms with van der Waals surface area (Å²) in [5.74, 6) is -2.42. The van der Waals surface area contributed by atoms with Gasteiger partial charge in [-0.05, 0) is 5.92 Å². The van der Waals surface area contributed by atoms with Crippen LogP contribution in [-0.2, 0) is 9.59 Å². The molecular weight excluding hydrogens is 216 g/mol. The fourth-order valence-corrected chi connectivity index (χ4v) is 0.881. The highest BCUT2D eigenvalue weighted by Crippen LogP contribution is 1.93. The van der Waals surface area contributed by atoms with Crippen LogP contribution in [0.4, 0.5) is 4.79 Å². The predicted molar refractivity (Wildman–Crippen MR) is 55.0 cm³/mol. The zero-order chi connectivity index (χ0) is 12.7. The molecule has 0 unspecified atom stereocenters. The molecule has 0 heterocycles. The summed E-state index contributed by atoms with van der Waals surface area (Å²) in [6, 6.07) is -2.09. The lowest BCUT2D eigenvalue weighted by molar-refractivity contribution is -0.145. The monoisotopic (exact) mass is 232 g/mol. The number of rotatable bonds is 6. The van der Waals surface area contributed by atoms with E-state index < -0.39 is 30.4 Å². The Morgan fingerprint density at radius 1 is 1.19 bits per heavy atom. The van der Waals surface area contributed by atoms with Crippen LogP contribution in [0.15, 0.2) is 0 Å². The minimum Gasteiger partial charge on any atom is -0.481 e. The molecule has 0 rings (SSSR count). The SMILES string of the molecule is CC(C)CNC(=O)N[C@@H](CC(=O)O)C(=O)O. The summed E-state index contributed by atoms with van der Waals surface area (Å²) >= 11 is 0. The third kappa shape index (κ3) is 6.63. The molecule has 0 aliphatic heterocycles. The molecule has 0 radical (unpaired) electrons. The Morgan fingerprint density at radius 3 is 2.12 bits per heavy atom. The van der Waals surface area contributed by atoms with E-state index in [4.69, 9.17) is 10.2 Å². The average Bonchev–Trinajstić information content (AvgIpc) is 2.12. The number of hydrogen-bond donors (Lipinski definition) is 4. The van der Waals surface area contributed by atoms with Gasteiger partial charge in [-0.1, -0.05) is 13.8 Å². The van der Waals surface area contributed by atoms with E-state index in [9.17, 15) is 14.4 Å². The zero-order valence-corrected chi connectivity index (χ0v) is 9.19. The van der Waals surface area contributed by atoms with Gasteiger partial charge in [-0.25, -0.2) is 9.59 Å². The molecule has 0 saturated carbocycles. The lowest BCUT2D eigenvalue weighted by Crippen LogP contribution is -2.47. The molecule has 92 valence electrons. The molecular formula is C9H16N2O5. The van der Waals surface area contributed by atoms with Gasteiger partial charge >= 0.3 is 18.0 Å². The number of amides is 2. The van der Waals surface area contributed by atoms with Gasteiger partial charge < -0.3 is 20.8 Å². The second-order valence-electron chi connectivity index (χ2n) is 3.74. The summed E-state index contributed by atoms with van der Waals surface area (Å²) in [5, 5.41) is 21.6. The van der Waals surface area contributed by atoms with Crippen LogP contribution in [0.5, 0.6) is 0 Å². The first-order valence-electron chi connectivity index (χ1n) is 4.82. The lowest BCUT2D eigenvalue weighted by atomic mass is 10.2. The summed E-state index contributed by atoms with van der Waals surface area (Å²) in [6.07, 6.45) is -0.648. The molecule has 0 aromatic heterocycles. The van der Waals surface area contributed by atoms with Crippen molar-refractivity contribution in [2.24, 2.45) is 5.92 Å². The van der Waals surface area contributed by atoms with Gasteiger partial charge in [0, 0.05) is 6.54 Å². The Balaban J connectivity index is 4.13. The zero-order valence-electron chi connectivity index (χ0n) is 9.19. The second-order valence-corrected chi connectivity index (χ2v) is 3.74. The lowest BCUT2D eigenvalue weighted by Gasteiger charge is -2.14. The molecule has 0 aliphatic rings. The second kappa shape index (κ2) is 6.65. The van der Waals surface area contributed by atoms with Gasteiger partial charge in [0.1, 0.15) is 6.04 Å². The highest BCUT2D eigenvalue weighted by atomic mass is 16.4. The Hall–Kier alpha value is -1.79. The standard InChI is InChI=1S/C9H16N2O5/c1-5(2)4-10-9(16)11-6(8(14)15)3-7(12)13/h5-6H,3-4H2,1-2H3,(H,12,13)(H,14,15)(H2,10,11,16)/t6-/m0/s1. The molecule has 16 heavy (non-hydrogen) atoms. The first-order chi connectivity index (χ1) is 7.32. The Bertz CT molecular complexity index is 277. The number of carboxylic acids is 2. The summed E-state index contributed by atoms with van der Waals surface area (Å²) in [6.45, 7) is 4.16. The van der Waals surface area contributed by atoms with Crippen LogP contribution in [0.25, 0.3) is 0 Å². The van der Waals surface area contributed by atoms with Crippen molar-refractivity contribution < 1.29 is 24.6 Å². The Labute approximate surface area is 92.8 Å². The van der Waals surface area contributed by atoms with Crippen LogP contribution < -0.4 is 10.6 Å². The topological polar surface area (TPSA) is 116 Å². The van der Waals surface area contributed by atoms with Crippen LogP contribution in [0.2, 0.25) is 0 Å². The predicted octanol–water partition coefficient (Wildman–Crippen LogP) is -0.130. The van der Waals surface area contributed by atoms with Crippen LogP contribution in [0.3, 0.4) is 0 Å². The molecule has 0 saturated heterocycles.